The number of unbranched alkanes of at least 4 members (excludes halogenated alkanes) is 2. The monoisotopic (exact) mass is 612 g/mol. The number of aliphatic hydroxyl groups is 1. The predicted molar refractivity (Wildman–Crippen MR) is 170 cm³/mol. The van der Waals surface area contributed by atoms with Crippen LogP contribution < -0.4 is 10.6 Å². The average Bonchev–Trinajstić information content (AvgIpc) is 3.71. The molecule has 1 spiro atoms. The minimum absolute atomic E-state index is 0.0287. The predicted octanol–water partition coefficient (Wildman–Crippen LogP) is 7.82. The molecule has 2 aliphatic rings. The quantitative estimate of drug-likeness (QED) is 0.0736. The average molecular weight is 613 g/mol. The van der Waals surface area contributed by atoms with Crippen LogP contribution in [0.2, 0.25) is 0 Å². The van der Waals surface area contributed by atoms with Gasteiger partial charge in [-0.25, -0.2) is 8.99 Å². The molecule has 1 aromatic carbocycles. The van der Waals surface area contributed by atoms with Crippen molar-refractivity contribution in [2.24, 2.45) is 11.8 Å². The summed E-state index contributed by atoms with van der Waals surface area (Å²) in [6.45, 7) is 12.8. The minimum Gasteiger partial charge on any atom is -0.465 e. The van der Waals surface area contributed by atoms with E-state index in [0.717, 1.165) is 43.2 Å². The standard InChI is InChI=1S/C17H26N2O3.C14H24O2.CH4FOP/c1-13(2)6-4-3-5-7-16(20)19-15-10-8-14(9-11-15)12-18-17(21)22;1-11(2)7-9-15-12(3)13-6-4-5-8-14(13)10-16-14;2-4-1-3/h8-11,13,18H,3-7,12H2,1-2H3,(H,19,20)(H,21,22);7,12-13H,4-6,8-10H2,1-3H3;3-4H,1H2. The van der Waals surface area contributed by atoms with E-state index in [1.807, 2.05) is 0 Å². The Labute approximate surface area is 254 Å². The van der Waals surface area contributed by atoms with E-state index in [9.17, 15) is 13.8 Å². The van der Waals surface area contributed by atoms with Crippen LogP contribution in [0.3, 0.4) is 0 Å². The molecule has 42 heavy (non-hydrogen) atoms. The lowest BCUT2D eigenvalue weighted by Crippen LogP contribution is -2.37. The second-order valence-corrected chi connectivity index (χ2v) is 12.3. The fourth-order valence-electron chi connectivity index (χ4n) is 4.96. The first-order valence-corrected chi connectivity index (χ1v) is 16.3. The van der Waals surface area contributed by atoms with Crippen molar-refractivity contribution in [2.45, 2.75) is 111 Å². The summed E-state index contributed by atoms with van der Waals surface area (Å²) in [6.07, 6.45) is 11.2. The smallest absolute Gasteiger partial charge is 0.404 e. The molecule has 0 radical (unpaired) electrons. The first kappa shape index (κ1) is 38.0. The largest absolute Gasteiger partial charge is 0.465 e. The summed E-state index contributed by atoms with van der Waals surface area (Å²) in [4.78, 5) is 22.2. The zero-order valence-corrected chi connectivity index (χ0v) is 27.2. The van der Waals surface area contributed by atoms with E-state index < -0.39 is 15.0 Å². The van der Waals surface area contributed by atoms with Gasteiger partial charge in [-0.05, 0) is 63.6 Å². The van der Waals surface area contributed by atoms with Crippen molar-refractivity contribution in [1.82, 2.24) is 5.32 Å². The van der Waals surface area contributed by atoms with Crippen molar-refractivity contribution in [3.8, 4) is 0 Å². The SMILES string of the molecule is CC(C)=CCOC(C)C1CCCCC12CO2.CC(C)CCCCCC(=O)Nc1ccc(CNC(=O)O)cc1.OCPF. The van der Waals surface area contributed by atoms with Crippen LogP contribution in [0.15, 0.2) is 35.9 Å². The number of allylic oxidation sites excluding steroid dienone is 1. The number of amides is 2. The summed E-state index contributed by atoms with van der Waals surface area (Å²) in [6, 6.07) is 7.17. The highest BCUT2D eigenvalue weighted by Crippen LogP contribution is 2.48. The van der Waals surface area contributed by atoms with Crippen LogP contribution >= 0.6 is 8.89 Å². The zero-order valence-electron chi connectivity index (χ0n) is 26.2. The zero-order chi connectivity index (χ0) is 31.4. The molecule has 4 N–H and O–H groups in total. The molecule has 3 rings (SSSR count). The molecule has 1 saturated heterocycles. The number of anilines is 1. The highest BCUT2D eigenvalue weighted by Gasteiger charge is 2.54. The molecule has 2 amide bonds. The summed E-state index contributed by atoms with van der Waals surface area (Å²) >= 11 is 0. The van der Waals surface area contributed by atoms with Crippen molar-refractivity contribution in [3.63, 3.8) is 0 Å². The van der Waals surface area contributed by atoms with E-state index in [1.54, 1.807) is 24.3 Å². The summed E-state index contributed by atoms with van der Waals surface area (Å²) in [7, 11) is -0.804. The maximum Gasteiger partial charge on any atom is 0.404 e. The van der Waals surface area contributed by atoms with E-state index >= 15 is 0 Å². The van der Waals surface area contributed by atoms with Crippen molar-refractivity contribution in [2.75, 3.05) is 24.9 Å². The fraction of sp³-hybridized carbons (Fsp3) is 0.688. The van der Waals surface area contributed by atoms with Crippen LogP contribution in [0.25, 0.3) is 0 Å². The van der Waals surface area contributed by atoms with Gasteiger partial charge >= 0.3 is 6.09 Å². The van der Waals surface area contributed by atoms with Gasteiger partial charge in [0, 0.05) is 24.6 Å². The number of carbonyl (C=O) groups excluding carboxylic acids is 1. The third-order valence-corrected chi connectivity index (χ3v) is 7.52. The van der Waals surface area contributed by atoms with Crippen molar-refractivity contribution in [1.29, 1.82) is 0 Å². The highest BCUT2D eigenvalue weighted by molar-refractivity contribution is 7.31. The van der Waals surface area contributed by atoms with E-state index in [0.29, 0.717) is 18.4 Å². The molecule has 240 valence electrons. The van der Waals surface area contributed by atoms with E-state index in [4.69, 9.17) is 19.7 Å². The summed E-state index contributed by atoms with van der Waals surface area (Å²) < 4.78 is 22.1. The van der Waals surface area contributed by atoms with Crippen LogP contribution in [-0.2, 0) is 20.8 Å². The summed E-state index contributed by atoms with van der Waals surface area (Å²) in [5, 5.41) is 21.2. The van der Waals surface area contributed by atoms with E-state index in [1.165, 1.54) is 44.1 Å². The van der Waals surface area contributed by atoms with Gasteiger partial charge in [-0.1, -0.05) is 69.7 Å². The topological polar surface area (TPSA) is 120 Å². The van der Waals surface area contributed by atoms with Crippen LogP contribution in [-0.4, -0.2) is 53.5 Å². The first-order valence-electron chi connectivity index (χ1n) is 15.2. The summed E-state index contributed by atoms with van der Waals surface area (Å²) in [5.74, 6) is 1.37. The number of rotatable bonds is 14. The van der Waals surface area contributed by atoms with Crippen molar-refractivity contribution >= 4 is 26.6 Å². The third kappa shape index (κ3) is 17.2. The van der Waals surface area contributed by atoms with Crippen LogP contribution in [0.5, 0.6) is 0 Å². The molecule has 4 unspecified atom stereocenters. The molecule has 0 bridgehead atoms. The number of nitrogens with one attached hydrogen (secondary N) is 2. The molecule has 10 heteroatoms. The molecule has 0 aromatic heterocycles. The number of carboxylic acid groups (broad SMARTS) is 1. The van der Waals surface area contributed by atoms with Gasteiger partial charge < -0.3 is 30.3 Å². The molecule has 1 saturated carbocycles. The molecular formula is C32H54FN2O6P. The third-order valence-electron chi connectivity index (χ3n) is 7.40. The molecule has 1 heterocycles. The Balaban J connectivity index is 0.000000385. The maximum atomic E-state index is 11.8. The Hall–Kier alpha value is -2.06. The lowest BCUT2D eigenvalue weighted by Gasteiger charge is -2.33. The van der Waals surface area contributed by atoms with Gasteiger partial charge in [-0.3, -0.25) is 4.79 Å². The van der Waals surface area contributed by atoms with E-state index in [2.05, 4.69) is 51.3 Å². The maximum absolute atomic E-state index is 11.8. The van der Waals surface area contributed by atoms with Gasteiger partial charge in [0.25, 0.3) is 0 Å². The second kappa shape index (κ2) is 21.6. The van der Waals surface area contributed by atoms with Crippen LogP contribution in [0, 0.1) is 11.8 Å². The molecule has 4 atom stereocenters. The molecule has 1 aliphatic carbocycles. The van der Waals surface area contributed by atoms with Gasteiger partial charge in [0.2, 0.25) is 5.91 Å². The number of epoxide rings is 1. The Morgan fingerprint density at radius 1 is 1.17 bits per heavy atom. The number of aliphatic hydroxyl groups excluding tert-OH is 1. The van der Waals surface area contributed by atoms with Crippen LogP contribution in [0.1, 0.15) is 98.0 Å². The van der Waals surface area contributed by atoms with Gasteiger partial charge in [0.15, 0.2) is 0 Å². The fourth-order valence-corrected chi connectivity index (χ4v) is 4.96. The number of ether oxygens (including phenoxy) is 2. The lowest BCUT2D eigenvalue weighted by atomic mass is 9.76. The minimum atomic E-state index is -1.05. The Morgan fingerprint density at radius 2 is 1.83 bits per heavy atom. The number of benzene rings is 1. The lowest BCUT2D eigenvalue weighted by molar-refractivity contribution is -0.116. The summed E-state index contributed by atoms with van der Waals surface area (Å²) in [5.41, 5.74) is 3.14. The number of hydrogen-bond acceptors (Lipinski definition) is 5. The van der Waals surface area contributed by atoms with Crippen molar-refractivity contribution in [3.05, 3.63) is 41.5 Å². The number of hydrogen-bond donors (Lipinski definition) is 4. The second-order valence-electron chi connectivity index (χ2n) is 11.7. The van der Waals surface area contributed by atoms with Gasteiger partial charge in [-0.15, -0.1) is 0 Å². The molecule has 1 aliphatic heterocycles. The Morgan fingerprint density at radius 3 is 2.38 bits per heavy atom. The Kier molecular flexibility index (Phi) is 19.5. The highest BCUT2D eigenvalue weighted by atomic mass is 31.1. The Bertz CT molecular complexity index is 918. The number of carbonyl (C=O) groups is 2. The molecule has 2 fully saturated rings. The van der Waals surface area contributed by atoms with E-state index in [-0.39, 0.29) is 24.4 Å². The van der Waals surface area contributed by atoms with Crippen molar-refractivity contribution < 1.29 is 33.5 Å². The molecular weight excluding hydrogens is 558 g/mol. The van der Waals surface area contributed by atoms with Crippen LogP contribution in [0.4, 0.5) is 14.7 Å². The van der Waals surface area contributed by atoms with Gasteiger partial charge in [0.1, 0.15) is 0 Å². The van der Waals surface area contributed by atoms with Gasteiger partial charge in [0.05, 0.1) is 40.2 Å². The number of halogens is 1. The molecule has 1 aromatic rings. The van der Waals surface area contributed by atoms with Gasteiger partial charge in [-0.2, -0.15) is 0 Å². The molecule has 8 nitrogen and oxygen atoms in total. The normalized spacial score (nSPS) is 19.8. The first-order chi connectivity index (χ1) is 20.0.